The van der Waals surface area contributed by atoms with Gasteiger partial charge in [0, 0.05) is 6.04 Å². The molecule has 7 heteroatoms. The third kappa shape index (κ3) is 4.07. The number of hydrogen-bond acceptors (Lipinski definition) is 2. The van der Waals surface area contributed by atoms with Crippen LogP contribution in [-0.4, -0.2) is 14.5 Å². The van der Waals surface area contributed by atoms with Crippen LogP contribution in [0.4, 0.5) is 10.1 Å². The van der Waals surface area contributed by atoms with Crippen LogP contribution < -0.4 is 9.44 Å². The van der Waals surface area contributed by atoms with E-state index in [1.54, 1.807) is 13.8 Å². The quantitative estimate of drug-likeness (QED) is 0.896. The van der Waals surface area contributed by atoms with E-state index in [0.717, 1.165) is 6.07 Å². The zero-order valence-electron chi connectivity index (χ0n) is 8.79. The average Bonchev–Trinajstić information content (AvgIpc) is 2.08. The lowest BCUT2D eigenvalue weighted by Gasteiger charge is -2.11. The van der Waals surface area contributed by atoms with Crippen molar-refractivity contribution in [1.29, 1.82) is 0 Å². The van der Waals surface area contributed by atoms with Gasteiger partial charge in [0.1, 0.15) is 5.82 Å². The van der Waals surface area contributed by atoms with Crippen LogP contribution in [0.3, 0.4) is 0 Å². The van der Waals surface area contributed by atoms with Gasteiger partial charge in [0.15, 0.2) is 0 Å². The second kappa shape index (κ2) is 5.11. The molecule has 0 spiro atoms. The molecule has 0 unspecified atom stereocenters. The highest BCUT2D eigenvalue weighted by Crippen LogP contribution is 2.19. The van der Waals surface area contributed by atoms with Gasteiger partial charge >= 0.3 is 0 Å². The second-order valence-corrected chi connectivity index (χ2v) is 5.81. The first kappa shape index (κ1) is 13.4. The molecule has 0 fully saturated rings. The zero-order valence-corrected chi connectivity index (χ0v) is 11.2. The molecule has 0 atom stereocenters. The van der Waals surface area contributed by atoms with Gasteiger partial charge in [-0.15, -0.1) is 0 Å². The maximum absolute atomic E-state index is 13.1. The molecule has 0 heterocycles. The van der Waals surface area contributed by atoms with E-state index in [1.807, 2.05) is 0 Å². The van der Waals surface area contributed by atoms with E-state index in [1.165, 1.54) is 12.1 Å². The summed E-state index contributed by atoms with van der Waals surface area (Å²) in [4.78, 5) is 0. The highest BCUT2D eigenvalue weighted by Gasteiger charge is 2.12. The Kier molecular flexibility index (Phi) is 4.28. The fraction of sp³-hybridized carbons (Fsp3) is 0.333. The minimum absolute atomic E-state index is 0.175. The smallest absolute Gasteiger partial charge is 0.271 e. The molecule has 16 heavy (non-hydrogen) atoms. The Morgan fingerprint density at radius 3 is 2.50 bits per heavy atom. The monoisotopic (exact) mass is 310 g/mol. The Balaban J connectivity index is 2.84. The van der Waals surface area contributed by atoms with E-state index in [2.05, 4.69) is 25.4 Å². The predicted octanol–water partition coefficient (Wildman–Crippen LogP) is 2.24. The maximum atomic E-state index is 13.1. The van der Waals surface area contributed by atoms with Crippen molar-refractivity contribution in [1.82, 2.24) is 4.72 Å². The number of benzene rings is 1. The summed E-state index contributed by atoms with van der Waals surface area (Å²) < 4.78 is 40.8. The minimum Gasteiger partial charge on any atom is -0.271 e. The van der Waals surface area contributed by atoms with E-state index in [9.17, 15) is 12.8 Å². The summed E-state index contributed by atoms with van der Waals surface area (Å²) in [5.41, 5.74) is 0.175. The van der Waals surface area contributed by atoms with Crippen LogP contribution in [0.5, 0.6) is 0 Å². The molecule has 0 aliphatic heterocycles. The molecule has 4 nitrogen and oxygen atoms in total. The molecular weight excluding hydrogens is 299 g/mol. The first-order valence-corrected chi connectivity index (χ1v) is 6.83. The highest BCUT2D eigenvalue weighted by molar-refractivity contribution is 9.10. The molecule has 0 aromatic heterocycles. The van der Waals surface area contributed by atoms with E-state index < -0.39 is 16.0 Å². The lowest BCUT2D eigenvalue weighted by molar-refractivity contribution is 0.575. The second-order valence-electron chi connectivity index (χ2n) is 3.51. The van der Waals surface area contributed by atoms with E-state index in [0.29, 0.717) is 0 Å². The Hall–Kier alpha value is -0.660. The van der Waals surface area contributed by atoms with Crippen LogP contribution in [0.2, 0.25) is 0 Å². The van der Waals surface area contributed by atoms with Gasteiger partial charge in [0.2, 0.25) is 0 Å². The molecule has 0 aliphatic carbocycles. The Labute approximate surface area is 103 Å². The molecule has 0 radical (unpaired) electrons. The van der Waals surface area contributed by atoms with Gasteiger partial charge < -0.3 is 0 Å². The van der Waals surface area contributed by atoms with Crippen LogP contribution in [0.15, 0.2) is 22.7 Å². The van der Waals surface area contributed by atoms with Crippen LogP contribution in [0.25, 0.3) is 0 Å². The minimum atomic E-state index is -3.65. The largest absolute Gasteiger partial charge is 0.299 e. The third-order valence-corrected chi connectivity index (χ3v) is 3.49. The van der Waals surface area contributed by atoms with Crippen molar-refractivity contribution in [3.8, 4) is 0 Å². The zero-order chi connectivity index (χ0) is 12.3. The molecule has 0 saturated carbocycles. The Morgan fingerprint density at radius 2 is 2.00 bits per heavy atom. The molecule has 0 saturated heterocycles. The summed E-state index contributed by atoms with van der Waals surface area (Å²) in [6.07, 6.45) is 0. The van der Waals surface area contributed by atoms with Gasteiger partial charge in [-0.05, 0) is 48.0 Å². The van der Waals surface area contributed by atoms with Crippen LogP contribution >= 0.6 is 15.9 Å². The van der Waals surface area contributed by atoms with Crippen molar-refractivity contribution in [3.05, 3.63) is 28.5 Å². The number of hydrogen-bond donors (Lipinski definition) is 2. The van der Waals surface area contributed by atoms with Gasteiger partial charge in [-0.25, -0.2) is 4.39 Å². The Morgan fingerprint density at radius 1 is 1.38 bits per heavy atom. The molecule has 0 amide bonds. The van der Waals surface area contributed by atoms with Gasteiger partial charge in [-0.3, -0.25) is 4.72 Å². The summed E-state index contributed by atoms with van der Waals surface area (Å²) in [5.74, 6) is -0.523. The number of halogens is 2. The van der Waals surface area contributed by atoms with E-state index in [4.69, 9.17) is 0 Å². The molecule has 90 valence electrons. The lowest BCUT2D eigenvalue weighted by Crippen LogP contribution is -2.35. The highest BCUT2D eigenvalue weighted by atomic mass is 79.9. The standard InChI is InChI=1S/C9H12BrFN2O2S/c1-6(2)12-16(14,15)13-7-3-4-8(10)9(11)5-7/h3-6,12-13H,1-2H3. The summed E-state index contributed by atoms with van der Waals surface area (Å²) in [6, 6.07) is 3.77. The lowest BCUT2D eigenvalue weighted by atomic mass is 10.3. The molecule has 1 rings (SSSR count). The first-order chi connectivity index (χ1) is 7.30. The van der Waals surface area contributed by atoms with Crippen molar-refractivity contribution in [2.75, 3.05) is 4.72 Å². The fourth-order valence-electron chi connectivity index (χ4n) is 1.05. The molecular formula is C9H12BrFN2O2S. The summed E-state index contributed by atoms with van der Waals surface area (Å²) in [5, 5.41) is 0. The van der Waals surface area contributed by atoms with Crippen molar-refractivity contribution in [2.24, 2.45) is 0 Å². The molecule has 2 N–H and O–H groups in total. The molecule has 1 aromatic carbocycles. The Bertz CT molecular complexity index is 476. The van der Waals surface area contributed by atoms with Crippen molar-refractivity contribution in [2.45, 2.75) is 19.9 Å². The summed E-state index contributed by atoms with van der Waals surface area (Å²) >= 11 is 2.98. The average molecular weight is 311 g/mol. The normalized spacial score (nSPS) is 11.8. The third-order valence-electron chi connectivity index (χ3n) is 1.56. The predicted molar refractivity (Wildman–Crippen MR) is 64.9 cm³/mol. The maximum Gasteiger partial charge on any atom is 0.299 e. The molecule has 1 aromatic rings. The summed E-state index contributed by atoms with van der Waals surface area (Å²) in [6.45, 7) is 3.39. The van der Waals surface area contributed by atoms with Gasteiger partial charge in [0.25, 0.3) is 10.2 Å². The van der Waals surface area contributed by atoms with Crippen LogP contribution in [0, 0.1) is 5.82 Å². The van der Waals surface area contributed by atoms with Crippen LogP contribution in [-0.2, 0) is 10.2 Å². The van der Waals surface area contributed by atoms with Gasteiger partial charge in [-0.1, -0.05) is 0 Å². The van der Waals surface area contributed by atoms with E-state index in [-0.39, 0.29) is 16.2 Å². The van der Waals surface area contributed by atoms with Crippen molar-refractivity contribution < 1.29 is 12.8 Å². The molecule has 0 aliphatic rings. The fourth-order valence-corrected chi connectivity index (χ4v) is 2.42. The number of nitrogens with one attached hydrogen (secondary N) is 2. The summed E-state index contributed by atoms with van der Waals surface area (Å²) in [7, 11) is -3.65. The van der Waals surface area contributed by atoms with Gasteiger partial charge in [-0.2, -0.15) is 13.1 Å². The van der Waals surface area contributed by atoms with Crippen molar-refractivity contribution >= 4 is 31.8 Å². The number of rotatable bonds is 4. The SMILES string of the molecule is CC(C)NS(=O)(=O)Nc1ccc(Br)c(F)c1. The number of anilines is 1. The molecule has 0 bridgehead atoms. The van der Waals surface area contributed by atoms with Gasteiger partial charge in [0.05, 0.1) is 10.2 Å². The van der Waals surface area contributed by atoms with E-state index >= 15 is 0 Å². The van der Waals surface area contributed by atoms with Crippen LogP contribution in [0.1, 0.15) is 13.8 Å². The first-order valence-electron chi connectivity index (χ1n) is 4.55. The topological polar surface area (TPSA) is 58.2 Å². The van der Waals surface area contributed by atoms with Crippen molar-refractivity contribution in [3.63, 3.8) is 0 Å².